The van der Waals surface area contributed by atoms with Gasteiger partial charge in [0.25, 0.3) is 0 Å². The molecular weight excluding hydrogens is 356 g/mol. The van der Waals surface area contributed by atoms with Crippen molar-refractivity contribution in [1.29, 1.82) is 0 Å². The first-order valence-electron chi connectivity index (χ1n) is 9.07. The normalized spacial score (nSPS) is 11.1. The van der Waals surface area contributed by atoms with Gasteiger partial charge in [0.2, 0.25) is 11.8 Å². The van der Waals surface area contributed by atoms with Crippen LogP contribution in [0, 0.1) is 5.41 Å². The summed E-state index contributed by atoms with van der Waals surface area (Å²) in [5.41, 5.74) is 0.816. The fraction of sp³-hybridized carbons (Fsp3) is 0.318. The lowest BCUT2D eigenvalue weighted by atomic mass is 9.90. The van der Waals surface area contributed by atoms with Crippen LogP contribution < -0.4 is 10.6 Å². The second kappa shape index (κ2) is 8.69. The quantitative estimate of drug-likeness (QED) is 0.579. The van der Waals surface area contributed by atoms with Gasteiger partial charge in [0, 0.05) is 5.69 Å². The van der Waals surface area contributed by atoms with Gasteiger partial charge in [-0.2, -0.15) is 0 Å². The molecule has 0 spiro atoms. The molecule has 2 amide bonds. The van der Waals surface area contributed by atoms with Crippen LogP contribution in [0.4, 0.5) is 11.4 Å². The zero-order chi connectivity index (χ0) is 20.9. The number of benzene rings is 2. The molecule has 6 nitrogen and oxygen atoms in total. The minimum absolute atomic E-state index is 0.222. The predicted molar refractivity (Wildman–Crippen MR) is 109 cm³/mol. The highest BCUT2D eigenvalue weighted by Gasteiger charge is 2.37. The molecule has 2 rings (SSSR count). The molecule has 0 bridgehead atoms. The molecule has 0 radical (unpaired) electrons. The molecule has 2 aromatic rings. The van der Waals surface area contributed by atoms with E-state index in [-0.39, 0.29) is 11.5 Å². The second-order valence-electron chi connectivity index (χ2n) is 7.31. The van der Waals surface area contributed by atoms with Crippen molar-refractivity contribution in [3.63, 3.8) is 0 Å². The number of anilines is 2. The molecule has 0 heterocycles. The van der Waals surface area contributed by atoms with Crippen molar-refractivity contribution < 1.29 is 19.1 Å². The largest absolute Gasteiger partial charge is 0.465 e. The summed E-state index contributed by atoms with van der Waals surface area (Å²) in [6.07, 6.45) is 0. The van der Waals surface area contributed by atoms with E-state index in [4.69, 9.17) is 4.74 Å². The van der Waals surface area contributed by atoms with Crippen LogP contribution in [0.15, 0.2) is 48.5 Å². The number of nitrogens with one attached hydrogen (secondary N) is 2. The van der Waals surface area contributed by atoms with Crippen LogP contribution in [0.5, 0.6) is 0 Å². The van der Waals surface area contributed by atoms with E-state index in [9.17, 15) is 14.4 Å². The first-order chi connectivity index (χ1) is 13.2. The summed E-state index contributed by atoms with van der Waals surface area (Å²) in [5, 5.41) is 5.53. The molecule has 0 aliphatic heterocycles. The van der Waals surface area contributed by atoms with Gasteiger partial charge in [0.05, 0.1) is 18.4 Å². The molecule has 0 aliphatic carbocycles. The maximum Gasteiger partial charge on any atom is 0.339 e. The van der Waals surface area contributed by atoms with Crippen molar-refractivity contribution in [3.05, 3.63) is 59.7 Å². The molecule has 0 atom stereocenters. The third-order valence-electron chi connectivity index (χ3n) is 4.55. The number of carbonyl (C=O) groups excluding carboxylic acids is 3. The Bertz CT molecular complexity index is 888. The highest BCUT2D eigenvalue weighted by Crippen LogP contribution is 2.27. The van der Waals surface area contributed by atoms with Gasteiger partial charge >= 0.3 is 5.97 Å². The lowest BCUT2D eigenvalue weighted by Gasteiger charge is -2.24. The fourth-order valence-corrected chi connectivity index (χ4v) is 2.65. The predicted octanol–water partition coefficient (Wildman–Crippen LogP) is 4.20. The average molecular weight is 382 g/mol. The van der Waals surface area contributed by atoms with Crippen molar-refractivity contribution in [2.75, 3.05) is 17.7 Å². The van der Waals surface area contributed by atoms with Crippen LogP contribution in [-0.2, 0) is 14.3 Å². The van der Waals surface area contributed by atoms with E-state index < -0.39 is 23.2 Å². The molecule has 0 fully saturated rings. The minimum Gasteiger partial charge on any atom is -0.465 e. The lowest BCUT2D eigenvalue weighted by molar-refractivity contribution is -0.135. The van der Waals surface area contributed by atoms with Gasteiger partial charge in [-0.15, -0.1) is 0 Å². The number of rotatable bonds is 6. The number of hydrogen-bond acceptors (Lipinski definition) is 4. The fourth-order valence-electron chi connectivity index (χ4n) is 2.65. The van der Waals surface area contributed by atoms with Crippen molar-refractivity contribution in [3.8, 4) is 0 Å². The summed E-state index contributed by atoms with van der Waals surface area (Å²) in [6.45, 7) is 7.14. The monoisotopic (exact) mass is 382 g/mol. The van der Waals surface area contributed by atoms with Crippen molar-refractivity contribution in [2.24, 2.45) is 5.41 Å². The SMILES string of the molecule is COC(=O)c1ccccc1NC(=O)C(C)(C)C(=O)Nc1ccccc1C(C)C. The summed E-state index contributed by atoms with van der Waals surface area (Å²) in [6, 6.07) is 14.0. The number of esters is 1. The molecule has 0 saturated carbocycles. The lowest BCUT2D eigenvalue weighted by Crippen LogP contribution is -2.42. The molecule has 0 unspecified atom stereocenters. The summed E-state index contributed by atoms with van der Waals surface area (Å²) in [4.78, 5) is 37.6. The van der Waals surface area contributed by atoms with E-state index in [1.165, 1.54) is 21.0 Å². The Balaban J connectivity index is 2.22. The molecule has 2 aromatic carbocycles. The van der Waals surface area contributed by atoms with Crippen LogP contribution in [0.2, 0.25) is 0 Å². The van der Waals surface area contributed by atoms with Gasteiger partial charge in [-0.25, -0.2) is 4.79 Å². The third kappa shape index (κ3) is 4.57. The summed E-state index contributed by atoms with van der Waals surface area (Å²) >= 11 is 0. The standard InChI is InChI=1S/C22H26N2O4/c1-14(2)15-10-6-8-12-17(15)23-20(26)22(3,4)21(27)24-18-13-9-7-11-16(18)19(25)28-5/h6-14H,1-5H3,(H,23,26)(H,24,27). The molecule has 0 aromatic heterocycles. The number of methoxy groups -OCH3 is 1. The number of para-hydroxylation sites is 2. The summed E-state index contributed by atoms with van der Waals surface area (Å²) in [7, 11) is 1.27. The van der Waals surface area contributed by atoms with Crippen LogP contribution >= 0.6 is 0 Å². The van der Waals surface area contributed by atoms with Gasteiger partial charge in [-0.3, -0.25) is 9.59 Å². The average Bonchev–Trinajstić information content (AvgIpc) is 2.67. The van der Waals surface area contributed by atoms with Crippen molar-refractivity contribution in [1.82, 2.24) is 0 Å². The zero-order valence-electron chi connectivity index (χ0n) is 16.8. The maximum absolute atomic E-state index is 12.9. The van der Waals surface area contributed by atoms with Gasteiger partial charge in [0.1, 0.15) is 5.41 Å². The van der Waals surface area contributed by atoms with Crippen molar-refractivity contribution >= 4 is 29.2 Å². The number of amides is 2. The molecular formula is C22H26N2O4. The van der Waals surface area contributed by atoms with Crippen LogP contribution in [0.3, 0.4) is 0 Å². The zero-order valence-corrected chi connectivity index (χ0v) is 16.8. The Morgan fingerprint density at radius 2 is 1.36 bits per heavy atom. The Kier molecular flexibility index (Phi) is 6.57. The van der Waals surface area contributed by atoms with E-state index in [0.717, 1.165) is 5.56 Å². The molecule has 148 valence electrons. The molecule has 0 saturated heterocycles. The number of hydrogen-bond donors (Lipinski definition) is 2. The van der Waals surface area contributed by atoms with Crippen LogP contribution in [-0.4, -0.2) is 24.9 Å². The van der Waals surface area contributed by atoms with Gasteiger partial charge in [-0.05, 0) is 43.5 Å². The van der Waals surface area contributed by atoms with E-state index in [0.29, 0.717) is 11.4 Å². The molecule has 28 heavy (non-hydrogen) atoms. The van der Waals surface area contributed by atoms with Crippen LogP contribution in [0.25, 0.3) is 0 Å². The van der Waals surface area contributed by atoms with Gasteiger partial charge in [-0.1, -0.05) is 44.2 Å². The Labute approximate surface area is 165 Å². The van der Waals surface area contributed by atoms with Crippen molar-refractivity contribution in [2.45, 2.75) is 33.6 Å². The summed E-state index contributed by atoms with van der Waals surface area (Å²) < 4.78 is 4.74. The van der Waals surface area contributed by atoms with E-state index in [2.05, 4.69) is 10.6 Å². The smallest absolute Gasteiger partial charge is 0.339 e. The molecule has 2 N–H and O–H groups in total. The maximum atomic E-state index is 12.9. The Morgan fingerprint density at radius 1 is 0.857 bits per heavy atom. The highest BCUT2D eigenvalue weighted by molar-refractivity contribution is 6.15. The topological polar surface area (TPSA) is 84.5 Å². The molecule has 0 aliphatic rings. The minimum atomic E-state index is -1.37. The first kappa shape index (κ1) is 21.2. The second-order valence-corrected chi connectivity index (χ2v) is 7.31. The van der Waals surface area contributed by atoms with E-state index >= 15 is 0 Å². The van der Waals surface area contributed by atoms with E-state index in [1.54, 1.807) is 24.3 Å². The van der Waals surface area contributed by atoms with Crippen LogP contribution in [0.1, 0.15) is 49.5 Å². The Hall–Kier alpha value is -3.15. The first-order valence-corrected chi connectivity index (χ1v) is 9.07. The Morgan fingerprint density at radius 3 is 1.93 bits per heavy atom. The number of carbonyl (C=O) groups is 3. The highest BCUT2D eigenvalue weighted by atomic mass is 16.5. The summed E-state index contributed by atoms with van der Waals surface area (Å²) in [5.74, 6) is -1.30. The third-order valence-corrected chi connectivity index (χ3v) is 4.55. The van der Waals surface area contributed by atoms with Gasteiger partial charge < -0.3 is 15.4 Å². The molecule has 6 heteroatoms. The van der Waals surface area contributed by atoms with Gasteiger partial charge in [0.15, 0.2) is 0 Å². The van der Waals surface area contributed by atoms with E-state index in [1.807, 2.05) is 38.1 Å². The number of ether oxygens (including phenoxy) is 1.